The highest BCUT2D eigenvalue weighted by Gasteiger charge is 2.42. The highest BCUT2D eigenvalue weighted by molar-refractivity contribution is 6.31. The summed E-state index contributed by atoms with van der Waals surface area (Å²) in [7, 11) is 0. The van der Waals surface area contributed by atoms with Gasteiger partial charge in [-0.3, -0.25) is 5.43 Å². The minimum Gasteiger partial charge on any atom is -0.470 e. The van der Waals surface area contributed by atoms with Crippen LogP contribution in [0.2, 0.25) is 5.02 Å². The van der Waals surface area contributed by atoms with Crippen LogP contribution in [-0.4, -0.2) is 28.9 Å². The number of halogens is 5. The Morgan fingerprint density at radius 3 is 2.71 bits per heavy atom. The van der Waals surface area contributed by atoms with Crippen molar-refractivity contribution in [3.05, 3.63) is 11.2 Å². The van der Waals surface area contributed by atoms with Crippen molar-refractivity contribution in [2.45, 2.75) is 12.3 Å². The number of rotatable bonds is 5. The van der Waals surface area contributed by atoms with Gasteiger partial charge in [-0.25, -0.2) is 19.6 Å². The number of nitrogens with two attached hydrogens (primary N) is 1. The third-order valence-electron chi connectivity index (χ3n) is 1.56. The zero-order valence-corrected chi connectivity index (χ0v) is 8.89. The molecule has 0 aliphatic carbocycles. The van der Waals surface area contributed by atoms with E-state index in [4.69, 9.17) is 17.4 Å². The van der Waals surface area contributed by atoms with Crippen molar-refractivity contribution in [2.75, 3.05) is 12.0 Å². The monoisotopic (exact) mass is 274 g/mol. The fourth-order valence-corrected chi connectivity index (χ4v) is 0.895. The second-order valence-corrected chi connectivity index (χ2v) is 3.25. The molecule has 96 valence electrons. The molecule has 1 aromatic rings. The summed E-state index contributed by atoms with van der Waals surface area (Å²) in [5, 5.41) is -0.200. The Morgan fingerprint density at radius 2 is 2.18 bits per heavy atom. The van der Waals surface area contributed by atoms with Crippen LogP contribution >= 0.6 is 11.6 Å². The van der Waals surface area contributed by atoms with Crippen molar-refractivity contribution >= 4 is 17.5 Å². The molecule has 0 aliphatic rings. The van der Waals surface area contributed by atoms with Gasteiger partial charge in [0.1, 0.15) is 5.02 Å². The van der Waals surface area contributed by atoms with Crippen molar-refractivity contribution < 1.29 is 22.3 Å². The van der Waals surface area contributed by atoms with E-state index in [9.17, 15) is 17.6 Å². The molecule has 5 nitrogen and oxygen atoms in total. The highest BCUT2D eigenvalue weighted by Crippen LogP contribution is 2.27. The zero-order chi connectivity index (χ0) is 13.1. The van der Waals surface area contributed by atoms with E-state index in [1.54, 1.807) is 0 Å². The van der Waals surface area contributed by atoms with Gasteiger partial charge in [-0.05, 0) is 0 Å². The van der Waals surface area contributed by atoms with E-state index >= 15 is 0 Å². The number of hydrogen-bond donors (Lipinski definition) is 2. The molecule has 0 atom stereocenters. The van der Waals surface area contributed by atoms with Gasteiger partial charge in [-0.2, -0.15) is 13.8 Å². The Bertz CT molecular complexity index is 392. The van der Waals surface area contributed by atoms with Crippen LogP contribution in [0.25, 0.3) is 0 Å². The molecule has 1 heterocycles. The van der Waals surface area contributed by atoms with Crippen LogP contribution in [0, 0.1) is 0 Å². The molecule has 0 radical (unpaired) electrons. The van der Waals surface area contributed by atoms with Crippen molar-refractivity contribution in [1.82, 2.24) is 9.97 Å². The van der Waals surface area contributed by atoms with Gasteiger partial charge >= 0.3 is 12.3 Å². The summed E-state index contributed by atoms with van der Waals surface area (Å²) in [5.41, 5.74) is 2.02. The predicted molar refractivity (Wildman–Crippen MR) is 51.3 cm³/mol. The first-order valence-corrected chi connectivity index (χ1v) is 4.52. The molecule has 0 fully saturated rings. The van der Waals surface area contributed by atoms with E-state index in [0.29, 0.717) is 0 Å². The Hall–Kier alpha value is -1.35. The van der Waals surface area contributed by atoms with E-state index in [1.807, 2.05) is 5.43 Å². The lowest BCUT2D eigenvalue weighted by Gasteiger charge is -2.15. The average Bonchev–Trinajstić information content (AvgIpc) is 2.28. The minimum absolute atomic E-state index is 0.148. The van der Waals surface area contributed by atoms with Crippen LogP contribution in [-0.2, 0) is 0 Å². The number of nitrogens with one attached hydrogen (secondary N) is 1. The van der Waals surface area contributed by atoms with Gasteiger partial charge < -0.3 is 4.74 Å². The molecule has 0 amide bonds. The Morgan fingerprint density at radius 1 is 1.53 bits per heavy atom. The number of aromatic nitrogens is 2. The van der Waals surface area contributed by atoms with Crippen molar-refractivity contribution in [1.29, 1.82) is 0 Å². The van der Waals surface area contributed by atoms with E-state index in [2.05, 4.69) is 14.7 Å². The first-order valence-electron chi connectivity index (χ1n) is 4.14. The molecule has 17 heavy (non-hydrogen) atoms. The van der Waals surface area contributed by atoms with Crippen LogP contribution in [0.4, 0.5) is 23.5 Å². The molecule has 0 bridgehead atoms. The molecule has 0 saturated heterocycles. The Balaban J connectivity index is 2.75. The Kier molecular flexibility index (Phi) is 4.29. The summed E-state index contributed by atoms with van der Waals surface area (Å²) in [6.45, 7) is -1.55. The molecule has 1 rings (SSSR count). The number of nitrogens with zero attached hydrogens (tertiary/aromatic N) is 2. The Labute approximate surface area is 97.9 Å². The summed E-state index contributed by atoms with van der Waals surface area (Å²) in [5.74, 6) is 0.0587. The third kappa shape index (κ3) is 3.56. The normalized spacial score (nSPS) is 11.7. The lowest BCUT2D eigenvalue weighted by Crippen LogP contribution is -2.34. The number of hydrazine groups is 1. The smallest absolute Gasteiger partial charge is 0.340 e. The summed E-state index contributed by atoms with van der Waals surface area (Å²) in [4.78, 5) is 7.02. The molecule has 1 aromatic heterocycles. The second-order valence-electron chi connectivity index (χ2n) is 2.84. The number of ether oxygens (including phenoxy) is 1. The maximum Gasteiger partial charge on any atom is 0.340 e. The predicted octanol–water partition coefficient (Wildman–Crippen LogP) is 1.69. The number of anilines is 1. The van der Waals surface area contributed by atoms with E-state index in [1.165, 1.54) is 0 Å². The van der Waals surface area contributed by atoms with Gasteiger partial charge in [0.15, 0.2) is 6.61 Å². The average molecular weight is 275 g/mol. The first kappa shape index (κ1) is 13.7. The van der Waals surface area contributed by atoms with Crippen LogP contribution < -0.4 is 16.0 Å². The first-order chi connectivity index (χ1) is 7.86. The number of nitrogen functional groups attached to an aromatic ring is 1. The summed E-state index contributed by atoms with van der Waals surface area (Å²) >= 11 is 5.51. The van der Waals surface area contributed by atoms with Gasteiger partial charge in [-0.15, -0.1) is 0 Å². The second kappa shape index (κ2) is 5.32. The standard InChI is InChI=1S/C7H7ClF4N4O/c8-3-1-14-6(16-13)15-4(3)17-2-7(11,12)5(9)10/h1,5H,2,13H2,(H,14,15,16). The van der Waals surface area contributed by atoms with Crippen LogP contribution in [0.1, 0.15) is 0 Å². The van der Waals surface area contributed by atoms with E-state index in [0.717, 1.165) is 6.20 Å². The van der Waals surface area contributed by atoms with E-state index < -0.39 is 24.8 Å². The topological polar surface area (TPSA) is 73.1 Å². The van der Waals surface area contributed by atoms with Gasteiger partial charge in [0.2, 0.25) is 11.8 Å². The van der Waals surface area contributed by atoms with Gasteiger partial charge in [-0.1, -0.05) is 11.6 Å². The highest BCUT2D eigenvalue weighted by atomic mass is 35.5. The van der Waals surface area contributed by atoms with Gasteiger partial charge in [0.25, 0.3) is 0 Å². The molecule has 0 aliphatic heterocycles. The molecular weight excluding hydrogens is 268 g/mol. The van der Waals surface area contributed by atoms with Gasteiger partial charge in [0.05, 0.1) is 6.20 Å². The molecule has 10 heteroatoms. The molecule has 0 saturated carbocycles. The van der Waals surface area contributed by atoms with Crippen LogP contribution in [0.5, 0.6) is 5.88 Å². The van der Waals surface area contributed by atoms with Crippen LogP contribution in [0.3, 0.4) is 0 Å². The van der Waals surface area contributed by atoms with Crippen LogP contribution in [0.15, 0.2) is 6.20 Å². The fraction of sp³-hybridized carbons (Fsp3) is 0.429. The molecule has 0 spiro atoms. The molecule has 0 aromatic carbocycles. The molecule has 0 unspecified atom stereocenters. The number of hydrogen-bond acceptors (Lipinski definition) is 5. The summed E-state index contributed by atoms with van der Waals surface area (Å²) in [6, 6.07) is 0. The van der Waals surface area contributed by atoms with Crippen molar-refractivity contribution in [2.24, 2.45) is 5.84 Å². The molecule has 3 N–H and O–H groups in total. The maximum atomic E-state index is 12.5. The van der Waals surface area contributed by atoms with E-state index in [-0.39, 0.29) is 11.0 Å². The zero-order valence-electron chi connectivity index (χ0n) is 8.13. The lowest BCUT2D eigenvalue weighted by molar-refractivity contribution is -0.148. The third-order valence-corrected chi connectivity index (χ3v) is 1.82. The molecular formula is C7H7ClF4N4O. The summed E-state index contributed by atoms with van der Waals surface area (Å²) < 4.78 is 53.2. The van der Waals surface area contributed by atoms with Gasteiger partial charge in [0, 0.05) is 0 Å². The fourth-order valence-electron chi connectivity index (χ4n) is 0.750. The lowest BCUT2D eigenvalue weighted by atomic mass is 10.4. The minimum atomic E-state index is -4.29. The van der Waals surface area contributed by atoms with Crippen molar-refractivity contribution in [3.8, 4) is 5.88 Å². The SMILES string of the molecule is NNc1ncc(Cl)c(OCC(F)(F)C(F)F)n1. The largest absolute Gasteiger partial charge is 0.470 e. The number of alkyl halides is 4. The quantitative estimate of drug-likeness (QED) is 0.486. The maximum absolute atomic E-state index is 12.5. The summed E-state index contributed by atoms with van der Waals surface area (Å²) in [6.07, 6.45) is -2.81. The van der Waals surface area contributed by atoms with Crippen molar-refractivity contribution in [3.63, 3.8) is 0 Å².